The van der Waals surface area contributed by atoms with Crippen LogP contribution in [0, 0.1) is 0 Å². The SMILES string of the molecule is CC(C)NCCC(C)(C)c1ccnn1C. The first-order chi connectivity index (χ1) is 6.93. The zero-order valence-corrected chi connectivity index (χ0v) is 10.5. The minimum absolute atomic E-state index is 0.188. The summed E-state index contributed by atoms with van der Waals surface area (Å²) in [4.78, 5) is 0. The summed E-state index contributed by atoms with van der Waals surface area (Å²) in [7, 11) is 2.01. The Kier molecular flexibility index (Phi) is 3.91. The molecule has 0 amide bonds. The molecule has 0 aliphatic rings. The van der Waals surface area contributed by atoms with Crippen molar-refractivity contribution in [2.45, 2.75) is 45.6 Å². The van der Waals surface area contributed by atoms with Crippen molar-refractivity contribution >= 4 is 0 Å². The lowest BCUT2D eigenvalue weighted by molar-refractivity contribution is 0.415. The number of rotatable bonds is 5. The molecular formula is C12H23N3. The molecule has 0 aromatic carbocycles. The van der Waals surface area contributed by atoms with Crippen LogP contribution in [-0.2, 0) is 12.5 Å². The van der Waals surface area contributed by atoms with Crippen LogP contribution in [-0.4, -0.2) is 22.4 Å². The summed E-state index contributed by atoms with van der Waals surface area (Å²) in [6.45, 7) is 9.95. The summed E-state index contributed by atoms with van der Waals surface area (Å²) in [6.07, 6.45) is 3.00. The van der Waals surface area contributed by atoms with Gasteiger partial charge in [-0.05, 0) is 19.0 Å². The van der Waals surface area contributed by atoms with Crippen molar-refractivity contribution in [3.63, 3.8) is 0 Å². The highest BCUT2D eigenvalue weighted by Crippen LogP contribution is 2.25. The minimum Gasteiger partial charge on any atom is -0.314 e. The van der Waals surface area contributed by atoms with E-state index in [1.54, 1.807) is 0 Å². The molecule has 1 aromatic rings. The monoisotopic (exact) mass is 209 g/mol. The molecular weight excluding hydrogens is 186 g/mol. The second-order valence-corrected chi connectivity index (χ2v) is 5.08. The minimum atomic E-state index is 0.188. The van der Waals surface area contributed by atoms with E-state index in [1.807, 2.05) is 17.9 Å². The van der Waals surface area contributed by atoms with Crippen LogP contribution < -0.4 is 5.32 Å². The quantitative estimate of drug-likeness (QED) is 0.804. The zero-order chi connectivity index (χ0) is 11.5. The average Bonchev–Trinajstić information content (AvgIpc) is 2.50. The van der Waals surface area contributed by atoms with Gasteiger partial charge in [-0.2, -0.15) is 5.10 Å². The summed E-state index contributed by atoms with van der Waals surface area (Å²) in [5.41, 5.74) is 1.49. The molecule has 1 aromatic heterocycles. The number of hydrogen-bond donors (Lipinski definition) is 1. The highest BCUT2D eigenvalue weighted by Gasteiger charge is 2.23. The molecule has 0 unspecified atom stereocenters. The Hall–Kier alpha value is -0.830. The Morgan fingerprint density at radius 3 is 2.60 bits per heavy atom. The van der Waals surface area contributed by atoms with Crippen LogP contribution in [0.2, 0.25) is 0 Å². The van der Waals surface area contributed by atoms with E-state index in [2.05, 4.69) is 44.2 Å². The Bertz CT molecular complexity index is 300. The molecule has 0 radical (unpaired) electrons. The van der Waals surface area contributed by atoms with E-state index < -0.39 is 0 Å². The molecule has 0 spiro atoms. The molecule has 15 heavy (non-hydrogen) atoms. The summed E-state index contributed by atoms with van der Waals surface area (Å²) in [5.74, 6) is 0. The first-order valence-corrected chi connectivity index (χ1v) is 5.65. The van der Waals surface area contributed by atoms with Crippen molar-refractivity contribution in [2.75, 3.05) is 6.54 Å². The van der Waals surface area contributed by atoms with Gasteiger partial charge in [0.05, 0.1) is 0 Å². The summed E-state index contributed by atoms with van der Waals surface area (Å²) >= 11 is 0. The van der Waals surface area contributed by atoms with Gasteiger partial charge in [-0.3, -0.25) is 4.68 Å². The van der Waals surface area contributed by atoms with Crippen molar-refractivity contribution in [2.24, 2.45) is 7.05 Å². The highest BCUT2D eigenvalue weighted by atomic mass is 15.3. The molecule has 0 saturated carbocycles. The molecule has 1 rings (SSSR count). The van der Waals surface area contributed by atoms with E-state index in [0.29, 0.717) is 6.04 Å². The third kappa shape index (κ3) is 3.34. The maximum absolute atomic E-state index is 4.22. The summed E-state index contributed by atoms with van der Waals surface area (Å²) < 4.78 is 1.97. The predicted octanol–water partition coefficient (Wildman–Crippen LogP) is 2.09. The number of nitrogens with one attached hydrogen (secondary N) is 1. The second-order valence-electron chi connectivity index (χ2n) is 5.08. The molecule has 1 N–H and O–H groups in total. The Balaban J connectivity index is 2.56. The van der Waals surface area contributed by atoms with Crippen LogP contribution in [0.4, 0.5) is 0 Å². The van der Waals surface area contributed by atoms with Gasteiger partial charge in [-0.25, -0.2) is 0 Å². The normalized spacial score (nSPS) is 12.4. The van der Waals surface area contributed by atoms with Crippen molar-refractivity contribution < 1.29 is 0 Å². The molecule has 0 aliphatic carbocycles. The molecule has 0 atom stereocenters. The third-order valence-electron chi connectivity index (χ3n) is 2.82. The molecule has 86 valence electrons. The van der Waals surface area contributed by atoms with Crippen molar-refractivity contribution in [3.05, 3.63) is 18.0 Å². The average molecular weight is 209 g/mol. The first kappa shape index (κ1) is 12.2. The molecule has 1 heterocycles. The van der Waals surface area contributed by atoms with E-state index in [9.17, 15) is 0 Å². The number of aryl methyl sites for hydroxylation is 1. The number of aromatic nitrogens is 2. The fourth-order valence-electron chi connectivity index (χ4n) is 1.84. The predicted molar refractivity (Wildman–Crippen MR) is 64.0 cm³/mol. The van der Waals surface area contributed by atoms with Gasteiger partial charge >= 0.3 is 0 Å². The fraction of sp³-hybridized carbons (Fsp3) is 0.750. The van der Waals surface area contributed by atoms with Gasteiger partial charge in [0.15, 0.2) is 0 Å². The van der Waals surface area contributed by atoms with Crippen LogP contribution in [0.1, 0.15) is 39.8 Å². The molecule has 3 nitrogen and oxygen atoms in total. The lowest BCUT2D eigenvalue weighted by Crippen LogP contribution is -2.30. The second kappa shape index (κ2) is 4.79. The smallest absolute Gasteiger partial charge is 0.0492 e. The standard InChI is InChI=1S/C12H23N3/c1-10(2)13-9-7-12(3,4)11-6-8-14-15(11)5/h6,8,10,13H,7,9H2,1-5H3. The van der Waals surface area contributed by atoms with Crippen LogP contribution >= 0.6 is 0 Å². The lowest BCUT2D eigenvalue weighted by Gasteiger charge is -2.25. The van der Waals surface area contributed by atoms with Gasteiger partial charge < -0.3 is 5.32 Å². The van der Waals surface area contributed by atoms with Crippen molar-refractivity contribution in [3.8, 4) is 0 Å². The van der Waals surface area contributed by atoms with Gasteiger partial charge in [0.2, 0.25) is 0 Å². The molecule has 0 saturated heterocycles. The summed E-state index contributed by atoms with van der Waals surface area (Å²) in [6, 6.07) is 2.67. The van der Waals surface area contributed by atoms with Crippen LogP contribution in [0.5, 0.6) is 0 Å². The van der Waals surface area contributed by atoms with E-state index in [1.165, 1.54) is 5.69 Å². The fourth-order valence-corrected chi connectivity index (χ4v) is 1.84. The lowest BCUT2D eigenvalue weighted by atomic mass is 9.85. The topological polar surface area (TPSA) is 29.9 Å². The third-order valence-corrected chi connectivity index (χ3v) is 2.82. The number of hydrogen-bond acceptors (Lipinski definition) is 2. The Morgan fingerprint density at radius 1 is 1.47 bits per heavy atom. The van der Waals surface area contributed by atoms with E-state index >= 15 is 0 Å². The molecule has 0 aliphatic heterocycles. The van der Waals surface area contributed by atoms with Crippen LogP contribution in [0.3, 0.4) is 0 Å². The van der Waals surface area contributed by atoms with Crippen molar-refractivity contribution in [1.82, 2.24) is 15.1 Å². The zero-order valence-electron chi connectivity index (χ0n) is 10.5. The summed E-state index contributed by atoms with van der Waals surface area (Å²) in [5, 5.41) is 7.68. The molecule has 0 bridgehead atoms. The molecule has 0 fully saturated rings. The van der Waals surface area contributed by atoms with Gasteiger partial charge in [0.25, 0.3) is 0 Å². The van der Waals surface area contributed by atoms with E-state index in [4.69, 9.17) is 0 Å². The van der Waals surface area contributed by atoms with Gasteiger partial charge in [-0.1, -0.05) is 27.7 Å². The highest BCUT2D eigenvalue weighted by molar-refractivity contribution is 5.13. The van der Waals surface area contributed by atoms with Gasteiger partial charge in [0.1, 0.15) is 0 Å². The van der Waals surface area contributed by atoms with Crippen LogP contribution in [0.15, 0.2) is 12.3 Å². The largest absolute Gasteiger partial charge is 0.314 e. The van der Waals surface area contributed by atoms with Gasteiger partial charge in [0, 0.05) is 30.4 Å². The van der Waals surface area contributed by atoms with Gasteiger partial charge in [-0.15, -0.1) is 0 Å². The maximum Gasteiger partial charge on any atom is 0.0492 e. The maximum atomic E-state index is 4.22. The number of nitrogens with zero attached hydrogens (tertiary/aromatic N) is 2. The van der Waals surface area contributed by atoms with Crippen LogP contribution in [0.25, 0.3) is 0 Å². The van der Waals surface area contributed by atoms with E-state index in [0.717, 1.165) is 13.0 Å². The first-order valence-electron chi connectivity index (χ1n) is 5.65. The Morgan fingerprint density at radius 2 is 2.13 bits per heavy atom. The van der Waals surface area contributed by atoms with E-state index in [-0.39, 0.29) is 5.41 Å². The van der Waals surface area contributed by atoms with Crippen molar-refractivity contribution in [1.29, 1.82) is 0 Å². The molecule has 3 heteroatoms. The Labute approximate surface area is 92.9 Å².